The average Bonchev–Trinajstić information content (AvgIpc) is 2.91. The lowest BCUT2D eigenvalue weighted by molar-refractivity contribution is -0.123. The van der Waals surface area contributed by atoms with Crippen molar-refractivity contribution in [2.75, 3.05) is 39.8 Å². The van der Waals surface area contributed by atoms with Crippen LogP contribution in [-0.2, 0) is 4.79 Å². The molecule has 2 heterocycles. The van der Waals surface area contributed by atoms with Gasteiger partial charge in [0.25, 0.3) is 0 Å². The molecular formula is C20H29N3O2. The molecule has 1 aromatic carbocycles. The van der Waals surface area contributed by atoms with Crippen molar-refractivity contribution < 1.29 is 9.21 Å². The number of carbonyl (C=O) groups excluding carboxylic acids is 1. The van der Waals surface area contributed by atoms with Crippen LogP contribution < -0.4 is 5.32 Å². The SMILES string of the molecule is Cc1c([C@@H](NC(=O)CN2CCN(C)CC2)C(C)C)oc2ccccc12. The van der Waals surface area contributed by atoms with Crippen LogP contribution in [0.5, 0.6) is 0 Å². The molecule has 0 spiro atoms. The normalized spacial score (nSPS) is 18.0. The van der Waals surface area contributed by atoms with Crippen LogP contribution in [0, 0.1) is 12.8 Å². The Balaban J connectivity index is 1.72. The monoisotopic (exact) mass is 343 g/mol. The molecule has 1 amide bonds. The second-order valence-corrected chi connectivity index (χ2v) is 7.46. The van der Waals surface area contributed by atoms with Crippen LogP contribution >= 0.6 is 0 Å². The fourth-order valence-corrected chi connectivity index (χ4v) is 3.45. The van der Waals surface area contributed by atoms with Crippen molar-refractivity contribution >= 4 is 16.9 Å². The first-order valence-electron chi connectivity index (χ1n) is 9.14. The van der Waals surface area contributed by atoms with E-state index in [4.69, 9.17) is 4.42 Å². The van der Waals surface area contributed by atoms with E-state index in [1.807, 2.05) is 18.2 Å². The van der Waals surface area contributed by atoms with Gasteiger partial charge in [-0.2, -0.15) is 0 Å². The number of furan rings is 1. The lowest BCUT2D eigenvalue weighted by atomic mass is 9.98. The number of fused-ring (bicyclic) bond motifs is 1. The second-order valence-electron chi connectivity index (χ2n) is 7.46. The van der Waals surface area contributed by atoms with E-state index in [9.17, 15) is 4.79 Å². The fourth-order valence-electron chi connectivity index (χ4n) is 3.45. The van der Waals surface area contributed by atoms with Gasteiger partial charge in [0, 0.05) is 37.1 Å². The minimum absolute atomic E-state index is 0.0723. The largest absolute Gasteiger partial charge is 0.459 e. The van der Waals surface area contributed by atoms with Crippen molar-refractivity contribution in [3.63, 3.8) is 0 Å². The van der Waals surface area contributed by atoms with E-state index < -0.39 is 0 Å². The molecule has 0 bridgehead atoms. The van der Waals surface area contributed by atoms with E-state index in [0.717, 1.165) is 48.5 Å². The maximum atomic E-state index is 12.6. The molecule has 0 saturated carbocycles. The van der Waals surface area contributed by atoms with Crippen LogP contribution in [0.4, 0.5) is 0 Å². The number of aryl methyl sites for hydroxylation is 1. The highest BCUT2D eigenvalue weighted by molar-refractivity contribution is 5.83. The van der Waals surface area contributed by atoms with Gasteiger partial charge < -0.3 is 14.6 Å². The fraction of sp³-hybridized carbons (Fsp3) is 0.550. The number of nitrogens with one attached hydrogen (secondary N) is 1. The highest BCUT2D eigenvalue weighted by atomic mass is 16.3. The summed E-state index contributed by atoms with van der Waals surface area (Å²) in [6.45, 7) is 10.7. The molecule has 1 fully saturated rings. The van der Waals surface area contributed by atoms with Crippen LogP contribution in [0.1, 0.15) is 31.2 Å². The molecule has 2 aromatic rings. The average molecular weight is 343 g/mol. The molecule has 0 unspecified atom stereocenters. The lowest BCUT2D eigenvalue weighted by Gasteiger charge is -2.32. The van der Waals surface area contributed by atoms with Crippen molar-refractivity contribution in [1.29, 1.82) is 0 Å². The van der Waals surface area contributed by atoms with Crippen molar-refractivity contribution in [3.05, 3.63) is 35.6 Å². The number of nitrogens with zero attached hydrogens (tertiary/aromatic N) is 2. The molecule has 1 N–H and O–H groups in total. The summed E-state index contributed by atoms with van der Waals surface area (Å²) in [7, 11) is 2.12. The molecule has 1 aliphatic rings. The second kappa shape index (κ2) is 7.58. The van der Waals surface area contributed by atoms with Gasteiger partial charge in [-0.15, -0.1) is 0 Å². The topological polar surface area (TPSA) is 48.7 Å². The minimum Gasteiger partial charge on any atom is -0.459 e. The van der Waals surface area contributed by atoms with E-state index in [1.165, 1.54) is 0 Å². The van der Waals surface area contributed by atoms with Gasteiger partial charge >= 0.3 is 0 Å². The Labute approximate surface area is 150 Å². The van der Waals surface area contributed by atoms with Gasteiger partial charge in [0.05, 0.1) is 12.6 Å². The maximum Gasteiger partial charge on any atom is 0.234 e. The first-order chi connectivity index (χ1) is 12.0. The van der Waals surface area contributed by atoms with Crippen LogP contribution in [0.25, 0.3) is 11.0 Å². The quantitative estimate of drug-likeness (QED) is 0.907. The zero-order valence-electron chi connectivity index (χ0n) is 15.7. The van der Waals surface area contributed by atoms with E-state index in [2.05, 4.69) is 49.0 Å². The van der Waals surface area contributed by atoms with Gasteiger partial charge in [-0.1, -0.05) is 32.0 Å². The first-order valence-corrected chi connectivity index (χ1v) is 9.14. The van der Waals surface area contributed by atoms with Gasteiger partial charge in [-0.3, -0.25) is 9.69 Å². The van der Waals surface area contributed by atoms with Crippen LogP contribution in [-0.4, -0.2) is 55.5 Å². The Morgan fingerprint density at radius 3 is 2.52 bits per heavy atom. The Morgan fingerprint density at radius 2 is 1.88 bits per heavy atom. The number of piperazine rings is 1. The smallest absolute Gasteiger partial charge is 0.234 e. The highest BCUT2D eigenvalue weighted by Crippen LogP contribution is 2.32. The zero-order chi connectivity index (χ0) is 18.0. The molecule has 1 aromatic heterocycles. The number of benzene rings is 1. The summed E-state index contributed by atoms with van der Waals surface area (Å²) in [4.78, 5) is 17.1. The van der Waals surface area contributed by atoms with Crippen molar-refractivity contribution in [1.82, 2.24) is 15.1 Å². The Kier molecular flexibility index (Phi) is 5.45. The van der Waals surface area contributed by atoms with Gasteiger partial charge in [0.1, 0.15) is 11.3 Å². The van der Waals surface area contributed by atoms with E-state index in [0.29, 0.717) is 6.54 Å². The molecule has 5 heteroatoms. The molecule has 1 atom stereocenters. The molecule has 25 heavy (non-hydrogen) atoms. The van der Waals surface area contributed by atoms with Crippen LogP contribution in [0.15, 0.2) is 28.7 Å². The Hall–Kier alpha value is -1.85. The summed E-state index contributed by atoms with van der Waals surface area (Å²) in [6, 6.07) is 7.94. The molecule has 0 aliphatic carbocycles. The van der Waals surface area contributed by atoms with Crippen molar-refractivity contribution in [2.45, 2.75) is 26.8 Å². The number of hydrogen-bond donors (Lipinski definition) is 1. The third-order valence-electron chi connectivity index (χ3n) is 5.11. The number of likely N-dealkylation sites (N-methyl/N-ethyl adjacent to an activating group) is 1. The molecule has 1 saturated heterocycles. The number of amides is 1. The van der Waals surface area contributed by atoms with Gasteiger partial charge in [-0.25, -0.2) is 0 Å². The summed E-state index contributed by atoms with van der Waals surface area (Å²) in [5.74, 6) is 1.21. The number of hydrogen-bond acceptors (Lipinski definition) is 4. The van der Waals surface area contributed by atoms with Gasteiger partial charge in [-0.05, 0) is 26.0 Å². The number of para-hydroxylation sites is 1. The third-order valence-corrected chi connectivity index (χ3v) is 5.11. The Morgan fingerprint density at radius 1 is 1.20 bits per heavy atom. The van der Waals surface area contributed by atoms with E-state index >= 15 is 0 Å². The maximum absolute atomic E-state index is 12.6. The van der Waals surface area contributed by atoms with Crippen molar-refractivity contribution in [2.24, 2.45) is 5.92 Å². The zero-order valence-corrected chi connectivity index (χ0v) is 15.7. The predicted octanol–water partition coefficient (Wildman–Crippen LogP) is 2.80. The van der Waals surface area contributed by atoms with Crippen molar-refractivity contribution in [3.8, 4) is 0 Å². The van der Waals surface area contributed by atoms with E-state index in [1.54, 1.807) is 0 Å². The number of rotatable bonds is 5. The first kappa shape index (κ1) is 18.0. The molecule has 0 radical (unpaired) electrons. The summed E-state index contributed by atoms with van der Waals surface area (Å²) >= 11 is 0. The van der Waals surface area contributed by atoms with Gasteiger partial charge in [0.15, 0.2) is 0 Å². The molecular weight excluding hydrogens is 314 g/mol. The predicted molar refractivity (Wildman–Crippen MR) is 101 cm³/mol. The van der Waals surface area contributed by atoms with Crippen LogP contribution in [0.2, 0.25) is 0 Å². The molecule has 1 aliphatic heterocycles. The molecule has 136 valence electrons. The lowest BCUT2D eigenvalue weighted by Crippen LogP contribution is -2.48. The Bertz CT molecular complexity index is 730. The molecule has 3 rings (SSSR count). The molecule has 5 nitrogen and oxygen atoms in total. The summed E-state index contributed by atoms with van der Waals surface area (Å²) < 4.78 is 6.09. The van der Waals surface area contributed by atoms with Gasteiger partial charge in [0.2, 0.25) is 5.91 Å². The third kappa shape index (κ3) is 4.05. The van der Waals surface area contributed by atoms with E-state index in [-0.39, 0.29) is 17.9 Å². The number of carbonyl (C=O) groups is 1. The minimum atomic E-state index is -0.104. The highest BCUT2D eigenvalue weighted by Gasteiger charge is 2.26. The summed E-state index contributed by atoms with van der Waals surface area (Å²) in [5.41, 5.74) is 2.00. The standard InChI is InChI=1S/C20H29N3O2/c1-14(2)19(20-15(3)16-7-5-6-8-17(16)25-20)21-18(24)13-23-11-9-22(4)10-12-23/h5-8,14,19H,9-13H2,1-4H3,(H,21,24)/t19-/m0/s1. The van der Waals surface area contributed by atoms with Crippen LogP contribution in [0.3, 0.4) is 0 Å². The summed E-state index contributed by atoms with van der Waals surface area (Å²) in [5, 5.41) is 4.33. The summed E-state index contributed by atoms with van der Waals surface area (Å²) in [6.07, 6.45) is 0.